The highest BCUT2D eigenvalue weighted by Crippen LogP contribution is 2.29. The fourth-order valence-electron chi connectivity index (χ4n) is 2.28. The van der Waals surface area contributed by atoms with Crippen LogP contribution in [0.5, 0.6) is 11.5 Å². The molecule has 0 aliphatic heterocycles. The molecule has 2 N–H and O–H groups in total. The van der Waals surface area contributed by atoms with E-state index < -0.39 is 0 Å². The minimum Gasteiger partial charge on any atom is -0.457 e. The molecule has 0 amide bonds. The second-order valence-electron chi connectivity index (χ2n) is 5.43. The molecule has 21 heavy (non-hydrogen) atoms. The Morgan fingerprint density at radius 2 is 1.86 bits per heavy atom. The van der Waals surface area contributed by atoms with Crippen LogP contribution in [0.25, 0.3) is 0 Å². The fourth-order valence-corrected chi connectivity index (χ4v) is 2.44. The third-order valence-corrected chi connectivity index (χ3v) is 3.50. The zero-order chi connectivity index (χ0) is 15.2. The number of ether oxygens (including phenoxy) is 1. The van der Waals surface area contributed by atoms with Crippen LogP contribution in [0, 0.1) is 0 Å². The smallest absolute Gasteiger partial charge is 0.132 e. The summed E-state index contributed by atoms with van der Waals surface area (Å²) in [4.78, 5) is 0. The number of hydrogen-bond donors (Lipinski definition) is 1. The van der Waals surface area contributed by atoms with Crippen molar-refractivity contribution in [2.75, 3.05) is 0 Å². The van der Waals surface area contributed by atoms with Crippen molar-refractivity contribution in [2.24, 2.45) is 5.73 Å². The van der Waals surface area contributed by atoms with Gasteiger partial charge < -0.3 is 10.5 Å². The standard InChI is InChI=1S/C18H22ClNO/c1-3-4-14-5-9-17(10-6-14)21-18-12-16(19)8-7-15(18)11-13(2)20/h5-10,12-13H,3-4,11,20H2,1-2H3. The molecule has 2 nitrogen and oxygen atoms in total. The second-order valence-corrected chi connectivity index (χ2v) is 5.87. The summed E-state index contributed by atoms with van der Waals surface area (Å²) in [7, 11) is 0. The topological polar surface area (TPSA) is 35.2 Å². The van der Waals surface area contributed by atoms with E-state index in [0.29, 0.717) is 5.02 Å². The van der Waals surface area contributed by atoms with Crippen molar-refractivity contribution in [3.05, 3.63) is 58.6 Å². The van der Waals surface area contributed by atoms with Crippen molar-refractivity contribution in [2.45, 2.75) is 39.2 Å². The van der Waals surface area contributed by atoms with Crippen LogP contribution in [0.2, 0.25) is 5.02 Å². The maximum absolute atomic E-state index is 6.07. The predicted octanol–water partition coefficient (Wildman–Crippen LogP) is 4.97. The van der Waals surface area contributed by atoms with Crippen molar-refractivity contribution >= 4 is 11.6 Å². The molecule has 2 aromatic rings. The summed E-state index contributed by atoms with van der Waals surface area (Å²) in [6, 6.07) is 14.0. The lowest BCUT2D eigenvalue weighted by Gasteiger charge is -2.13. The first-order valence-electron chi connectivity index (χ1n) is 7.39. The number of hydrogen-bond acceptors (Lipinski definition) is 2. The maximum atomic E-state index is 6.07. The van der Waals surface area contributed by atoms with Crippen molar-refractivity contribution in [1.82, 2.24) is 0 Å². The first-order valence-corrected chi connectivity index (χ1v) is 7.77. The summed E-state index contributed by atoms with van der Waals surface area (Å²) in [5.41, 5.74) is 8.29. The van der Waals surface area contributed by atoms with Crippen LogP contribution in [-0.4, -0.2) is 6.04 Å². The molecule has 0 aromatic heterocycles. The highest BCUT2D eigenvalue weighted by molar-refractivity contribution is 6.30. The molecule has 0 saturated carbocycles. The van der Waals surface area contributed by atoms with Gasteiger partial charge in [0, 0.05) is 11.1 Å². The van der Waals surface area contributed by atoms with E-state index >= 15 is 0 Å². The first-order chi connectivity index (χ1) is 10.1. The molecule has 0 aliphatic carbocycles. The second kappa shape index (κ2) is 7.48. The van der Waals surface area contributed by atoms with Crippen molar-refractivity contribution < 1.29 is 4.74 Å². The van der Waals surface area contributed by atoms with E-state index in [1.54, 1.807) is 0 Å². The van der Waals surface area contributed by atoms with E-state index in [0.717, 1.165) is 36.3 Å². The summed E-state index contributed by atoms with van der Waals surface area (Å²) < 4.78 is 5.98. The van der Waals surface area contributed by atoms with E-state index in [1.807, 2.05) is 37.3 Å². The average molecular weight is 304 g/mol. The van der Waals surface area contributed by atoms with Gasteiger partial charge in [-0.15, -0.1) is 0 Å². The molecule has 3 heteroatoms. The van der Waals surface area contributed by atoms with Gasteiger partial charge in [-0.25, -0.2) is 0 Å². The van der Waals surface area contributed by atoms with Crippen molar-refractivity contribution in [3.8, 4) is 11.5 Å². The Hall–Kier alpha value is -1.51. The molecule has 1 unspecified atom stereocenters. The van der Waals surface area contributed by atoms with E-state index in [-0.39, 0.29) is 6.04 Å². The lowest BCUT2D eigenvalue weighted by molar-refractivity contribution is 0.473. The summed E-state index contributed by atoms with van der Waals surface area (Å²) in [5, 5.41) is 0.668. The minimum absolute atomic E-state index is 0.0838. The Balaban J connectivity index is 2.19. The SMILES string of the molecule is CCCc1ccc(Oc2cc(Cl)ccc2CC(C)N)cc1. The van der Waals surface area contributed by atoms with Crippen LogP contribution in [0.4, 0.5) is 0 Å². The van der Waals surface area contributed by atoms with Crippen LogP contribution in [0.1, 0.15) is 31.4 Å². The van der Waals surface area contributed by atoms with E-state index in [9.17, 15) is 0 Å². The summed E-state index contributed by atoms with van der Waals surface area (Å²) >= 11 is 6.07. The monoisotopic (exact) mass is 303 g/mol. The Morgan fingerprint density at radius 3 is 2.48 bits per heavy atom. The summed E-state index contributed by atoms with van der Waals surface area (Å²) in [6.45, 7) is 4.16. The van der Waals surface area contributed by atoms with Crippen LogP contribution < -0.4 is 10.5 Å². The molecule has 0 heterocycles. The maximum Gasteiger partial charge on any atom is 0.132 e. The van der Waals surface area contributed by atoms with Crippen LogP contribution in [0.15, 0.2) is 42.5 Å². The zero-order valence-electron chi connectivity index (χ0n) is 12.6. The lowest BCUT2D eigenvalue weighted by atomic mass is 10.1. The van der Waals surface area contributed by atoms with Crippen molar-refractivity contribution in [3.63, 3.8) is 0 Å². The van der Waals surface area contributed by atoms with Gasteiger partial charge in [0.2, 0.25) is 0 Å². The fraction of sp³-hybridized carbons (Fsp3) is 0.333. The summed E-state index contributed by atoms with van der Waals surface area (Å²) in [6.07, 6.45) is 3.00. The number of aryl methyl sites for hydroxylation is 1. The van der Waals surface area contributed by atoms with Gasteiger partial charge in [-0.1, -0.05) is 43.1 Å². The van der Waals surface area contributed by atoms with Gasteiger partial charge in [-0.2, -0.15) is 0 Å². The Labute approximate surface area is 131 Å². The lowest BCUT2D eigenvalue weighted by Crippen LogP contribution is -2.18. The molecular weight excluding hydrogens is 282 g/mol. The number of nitrogens with two attached hydrogens (primary N) is 1. The molecule has 2 aromatic carbocycles. The number of rotatable bonds is 6. The zero-order valence-corrected chi connectivity index (χ0v) is 13.4. The molecule has 0 spiro atoms. The molecule has 1 atom stereocenters. The van der Waals surface area contributed by atoms with Gasteiger partial charge in [-0.3, -0.25) is 0 Å². The van der Waals surface area contributed by atoms with Gasteiger partial charge >= 0.3 is 0 Å². The van der Waals surface area contributed by atoms with Crippen LogP contribution in [0.3, 0.4) is 0 Å². The Kier molecular flexibility index (Phi) is 5.66. The molecule has 0 saturated heterocycles. The largest absolute Gasteiger partial charge is 0.457 e. The quantitative estimate of drug-likeness (QED) is 0.817. The van der Waals surface area contributed by atoms with Gasteiger partial charge in [0.15, 0.2) is 0 Å². The van der Waals surface area contributed by atoms with Gasteiger partial charge in [0.05, 0.1) is 0 Å². The predicted molar refractivity (Wildman–Crippen MR) is 89.3 cm³/mol. The normalized spacial score (nSPS) is 12.2. The molecule has 0 radical (unpaired) electrons. The van der Waals surface area contributed by atoms with E-state index in [4.69, 9.17) is 22.1 Å². The van der Waals surface area contributed by atoms with Crippen LogP contribution >= 0.6 is 11.6 Å². The van der Waals surface area contributed by atoms with E-state index in [1.165, 1.54) is 5.56 Å². The van der Waals surface area contributed by atoms with Gasteiger partial charge in [0.25, 0.3) is 0 Å². The Bertz CT molecular complexity index is 578. The molecule has 0 bridgehead atoms. The third-order valence-electron chi connectivity index (χ3n) is 3.26. The molecule has 0 fully saturated rings. The molecule has 112 valence electrons. The molecular formula is C18H22ClNO. The summed E-state index contributed by atoms with van der Waals surface area (Å²) in [5.74, 6) is 1.60. The minimum atomic E-state index is 0.0838. The number of benzene rings is 2. The van der Waals surface area contributed by atoms with E-state index in [2.05, 4.69) is 19.1 Å². The molecule has 2 rings (SSSR count). The first kappa shape index (κ1) is 15.9. The Morgan fingerprint density at radius 1 is 1.14 bits per heavy atom. The molecule has 0 aliphatic rings. The third kappa shape index (κ3) is 4.76. The highest BCUT2D eigenvalue weighted by Gasteiger charge is 2.08. The van der Waals surface area contributed by atoms with Crippen molar-refractivity contribution in [1.29, 1.82) is 0 Å². The van der Waals surface area contributed by atoms with Gasteiger partial charge in [0.1, 0.15) is 11.5 Å². The van der Waals surface area contributed by atoms with Gasteiger partial charge in [-0.05, 0) is 55.2 Å². The van der Waals surface area contributed by atoms with Crippen LogP contribution in [-0.2, 0) is 12.8 Å². The highest BCUT2D eigenvalue weighted by atomic mass is 35.5. The average Bonchev–Trinajstić information content (AvgIpc) is 2.44. The number of halogens is 1.